The second-order valence-corrected chi connectivity index (χ2v) is 8.53. The van der Waals surface area contributed by atoms with Gasteiger partial charge in [0.2, 0.25) is 5.91 Å². The molecule has 27 heavy (non-hydrogen) atoms. The van der Waals surface area contributed by atoms with Gasteiger partial charge in [-0.2, -0.15) is 0 Å². The van der Waals surface area contributed by atoms with Gasteiger partial charge in [-0.3, -0.25) is 4.79 Å². The number of hydrogen-bond donors (Lipinski definition) is 1. The highest BCUT2D eigenvalue weighted by molar-refractivity contribution is 5.78. The van der Waals surface area contributed by atoms with Crippen molar-refractivity contribution in [3.8, 4) is 0 Å². The van der Waals surface area contributed by atoms with Crippen molar-refractivity contribution in [2.75, 3.05) is 0 Å². The quantitative estimate of drug-likeness (QED) is 0.810. The maximum Gasteiger partial charge on any atom is 0.223 e. The molecule has 0 bridgehead atoms. The molecule has 1 N–H and O–H groups in total. The van der Waals surface area contributed by atoms with E-state index in [2.05, 4.69) is 39.1 Å². The Hall–Kier alpha value is -2.10. The normalized spacial score (nSPS) is 25.9. The molecule has 1 aliphatic carbocycles. The zero-order valence-corrected chi connectivity index (χ0v) is 16.4. The van der Waals surface area contributed by atoms with Gasteiger partial charge in [0, 0.05) is 30.9 Å². The fourth-order valence-corrected chi connectivity index (χ4v) is 5.11. The molecular formula is C23H31N3O. The summed E-state index contributed by atoms with van der Waals surface area (Å²) in [5.74, 6) is 2.85. The predicted octanol–water partition coefficient (Wildman–Crippen LogP) is 4.65. The molecule has 1 aliphatic heterocycles. The van der Waals surface area contributed by atoms with Crippen molar-refractivity contribution >= 4 is 5.91 Å². The molecule has 1 amide bonds. The number of H-pyrrole nitrogens is 1. The van der Waals surface area contributed by atoms with Gasteiger partial charge >= 0.3 is 0 Å². The summed E-state index contributed by atoms with van der Waals surface area (Å²) in [6, 6.07) is 10.9. The van der Waals surface area contributed by atoms with Gasteiger partial charge in [0.15, 0.2) is 0 Å². The maximum atomic E-state index is 12.5. The van der Waals surface area contributed by atoms with E-state index in [0.717, 1.165) is 43.5 Å². The molecule has 1 saturated heterocycles. The number of carbonyl (C=O) groups excluding carboxylic acids is 1. The zero-order chi connectivity index (χ0) is 18.6. The minimum atomic E-state index is 0.337. The van der Waals surface area contributed by atoms with Crippen molar-refractivity contribution in [1.82, 2.24) is 14.9 Å². The lowest BCUT2D eigenvalue weighted by Crippen LogP contribution is -2.34. The number of imidazole rings is 1. The van der Waals surface area contributed by atoms with Gasteiger partial charge < -0.3 is 9.88 Å². The highest BCUT2D eigenvalue weighted by atomic mass is 16.2. The summed E-state index contributed by atoms with van der Waals surface area (Å²) in [5, 5.41) is 0. The second-order valence-electron chi connectivity index (χ2n) is 8.53. The van der Waals surface area contributed by atoms with E-state index in [9.17, 15) is 4.79 Å². The second kappa shape index (κ2) is 8.28. The summed E-state index contributed by atoms with van der Waals surface area (Å²) in [5.41, 5.74) is 2.52. The summed E-state index contributed by atoms with van der Waals surface area (Å²) < 4.78 is 0. The number of nitrogens with zero attached hydrogens (tertiary/aromatic N) is 2. The van der Waals surface area contributed by atoms with Crippen molar-refractivity contribution in [2.45, 2.75) is 70.9 Å². The van der Waals surface area contributed by atoms with Crippen molar-refractivity contribution < 1.29 is 4.79 Å². The molecule has 144 valence electrons. The lowest BCUT2D eigenvalue weighted by atomic mass is 9.76. The van der Waals surface area contributed by atoms with Crippen molar-refractivity contribution in [1.29, 1.82) is 0 Å². The third-order valence-corrected chi connectivity index (χ3v) is 6.41. The summed E-state index contributed by atoms with van der Waals surface area (Å²) in [7, 11) is 0. The molecule has 3 atom stereocenters. The van der Waals surface area contributed by atoms with Crippen LogP contribution in [0, 0.1) is 18.8 Å². The molecule has 2 fully saturated rings. The lowest BCUT2D eigenvalue weighted by Gasteiger charge is -2.33. The molecule has 4 rings (SSSR count). The van der Waals surface area contributed by atoms with E-state index in [-0.39, 0.29) is 0 Å². The molecule has 2 aliphatic rings. The molecule has 0 radical (unpaired) electrons. The van der Waals surface area contributed by atoms with Crippen LogP contribution in [0.4, 0.5) is 0 Å². The van der Waals surface area contributed by atoms with Gasteiger partial charge in [-0.15, -0.1) is 0 Å². The first kappa shape index (κ1) is 18.3. The SMILES string of the molecule is Cc1ncc(C[C@@H]2CCC[C@H](C[C@@H]3CCC(=O)N3Cc3ccccc3)C2)[nH]1. The number of hydrogen-bond acceptors (Lipinski definition) is 2. The average Bonchev–Trinajstić information content (AvgIpc) is 3.23. The Labute approximate surface area is 162 Å². The summed E-state index contributed by atoms with van der Waals surface area (Å²) >= 11 is 0. The molecule has 4 nitrogen and oxygen atoms in total. The van der Waals surface area contributed by atoms with Crippen LogP contribution in [0.3, 0.4) is 0 Å². The number of aromatic amines is 1. The number of rotatable bonds is 6. The number of nitrogens with one attached hydrogen (secondary N) is 1. The van der Waals surface area contributed by atoms with Crippen molar-refractivity contribution in [2.24, 2.45) is 11.8 Å². The first-order valence-electron chi connectivity index (χ1n) is 10.5. The number of likely N-dealkylation sites (tertiary alicyclic amines) is 1. The molecule has 4 heteroatoms. The topological polar surface area (TPSA) is 49.0 Å². The Balaban J connectivity index is 1.34. The van der Waals surface area contributed by atoms with Crippen LogP contribution in [0.2, 0.25) is 0 Å². The largest absolute Gasteiger partial charge is 0.346 e. The molecule has 1 aromatic carbocycles. The van der Waals surface area contributed by atoms with E-state index < -0.39 is 0 Å². The maximum absolute atomic E-state index is 12.5. The van der Waals surface area contributed by atoms with Crippen LogP contribution >= 0.6 is 0 Å². The monoisotopic (exact) mass is 365 g/mol. The number of carbonyl (C=O) groups is 1. The fourth-order valence-electron chi connectivity index (χ4n) is 5.11. The number of aromatic nitrogens is 2. The van der Waals surface area contributed by atoms with Gasteiger partial charge in [0.1, 0.15) is 5.82 Å². The van der Waals surface area contributed by atoms with Crippen LogP contribution in [0.15, 0.2) is 36.5 Å². The van der Waals surface area contributed by atoms with E-state index in [1.807, 2.05) is 19.2 Å². The third kappa shape index (κ3) is 4.60. The number of benzene rings is 1. The van der Waals surface area contributed by atoms with Gasteiger partial charge in [-0.25, -0.2) is 4.98 Å². The van der Waals surface area contributed by atoms with Crippen LogP contribution < -0.4 is 0 Å². The van der Waals surface area contributed by atoms with Crippen LogP contribution in [0.25, 0.3) is 0 Å². The Morgan fingerprint density at radius 2 is 1.96 bits per heavy atom. The zero-order valence-electron chi connectivity index (χ0n) is 16.4. The van der Waals surface area contributed by atoms with E-state index in [1.54, 1.807) is 0 Å². The molecular weight excluding hydrogens is 334 g/mol. The molecule has 2 aromatic rings. The summed E-state index contributed by atoms with van der Waals surface area (Å²) in [6.07, 6.45) is 11.3. The van der Waals surface area contributed by atoms with Crippen molar-refractivity contribution in [3.05, 3.63) is 53.6 Å². The summed E-state index contributed by atoms with van der Waals surface area (Å²) in [4.78, 5) is 22.3. The number of amides is 1. The molecule has 1 aromatic heterocycles. The first-order valence-corrected chi connectivity index (χ1v) is 10.5. The Morgan fingerprint density at radius 3 is 2.74 bits per heavy atom. The third-order valence-electron chi connectivity index (χ3n) is 6.41. The van der Waals surface area contributed by atoms with E-state index >= 15 is 0 Å². The van der Waals surface area contributed by atoms with Gasteiger partial charge in [0.05, 0.1) is 0 Å². The highest BCUT2D eigenvalue weighted by Gasteiger charge is 2.34. The average molecular weight is 366 g/mol. The molecule has 1 saturated carbocycles. The van der Waals surface area contributed by atoms with Gasteiger partial charge in [0.25, 0.3) is 0 Å². The lowest BCUT2D eigenvalue weighted by molar-refractivity contribution is -0.129. The van der Waals surface area contributed by atoms with E-state index in [4.69, 9.17) is 0 Å². The van der Waals surface area contributed by atoms with Crippen LogP contribution in [0.5, 0.6) is 0 Å². The van der Waals surface area contributed by atoms with E-state index in [0.29, 0.717) is 11.9 Å². The highest BCUT2D eigenvalue weighted by Crippen LogP contribution is 2.36. The Morgan fingerprint density at radius 1 is 1.15 bits per heavy atom. The smallest absolute Gasteiger partial charge is 0.223 e. The van der Waals surface area contributed by atoms with Gasteiger partial charge in [-0.05, 0) is 50.0 Å². The summed E-state index contributed by atoms with van der Waals surface area (Å²) in [6.45, 7) is 2.79. The standard InChI is InChI=1S/C23H31N3O/c1-17-24-15-21(25-17)13-19-8-5-9-20(12-19)14-22-10-11-23(27)26(22)16-18-6-3-2-4-7-18/h2-4,6-7,15,19-20,22H,5,8-14,16H2,1H3,(H,24,25)/t19-,20+,22+/m1/s1. The Bertz CT molecular complexity index is 754. The first-order chi connectivity index (χ1) is 13.2. The van der Waals surface area contributed by atoms with Crippen molar-refractivity contribution in [3.63, 3.8) is 0 Å². The predicted molar refractivity (Wildman–Crippen MR) is 107 cm³/mol. The molecule has 0 unspecified atom stereocenters. The van der Waals surface area contributed by atoms with Gasteiger partial charge in [-0.1, -0.05) is 49.6 Å². The molecule has 2 heterocycles. The molecule has 0 spiro atoms. The minimum absolute atomic E-state index is 0.337. The van der Waals surface area contributed by atoms with Crippen LogP contribution in [-0.2, 0) is 17.8 Å². The van der Waals surface area contributed by atoms with E-state index in [1.165, 1.54) is 43.4 Å². The van der Waals surface area contributed by atoms with Crippen LogP contribution in [-0.4, -0.2) is 26.8 Å². The van der Waals surface area contributed by atoms with Crippen LogP contribution in [0.1, 0.15) is 62.0 Å². The fraction of sp³-hybridized carbons (Fsp3) is 0.565. The minimum Gasteiger partial charge on any atom is -0.346 e. The Kier molecular flexibility index (Phi) is 5.61. The number of aryl methyl sites for hydroxylation is 1.